The van der Waals surface area contributed by atoms with Crippen molar-refractivity contribution in [3.63, 3.8) is 0 Å². The number of ether oxygens (including phenoxy) is 1. The molecule has 1 amide bonds. The number of benzene rings is 2. The number of rotatable bonds is 6. The smallest absolute Gasteiger partial charge is 0.387 e. The van der Waals surface area contributed by atoms with E-state index >= 15 is 0 Å². The molecule has 200 valence electrons. The van der Waals surface area contributed by atoms with E-state index in [1.165, 1.54) is 11.0 Å². The van der Waals surface area contributed by atoms with E-state index in [1.54, 1.807) is 35.4 Å². The lowest BCUT2D eigenvalue weighted by atomic mass is 10.1. The van der Waals surface area contributed by atoms with Gasteiger partial charge in [0, 0.05) is 12.1 Å². The van der Waals surface area contributed by atoms with Crippen molar-refractivity contribution < 1.29 is 31.5 Å². The minimum absolute atomic E-state index is 0.0680. The number of hydrogen-bond acceptors (Lipinski definition) is 5. The number of aromatic nitrogens is 2. The summed E-state index contributed by atoms with van der Waals surface area (Å²) >= 11 is 0. The molecule has 0 atom stereocenters. The Bertz CT molecular complexity index is 1460. The third-order valence-electron chi connectivity index (χ3n) is 6.44. The molecule has 2 aliphatic rings. The Hall–Kier alpha value is -3.96. The molecule has 0 saturated carbocycles. The molecule has 2 aliphatic heterocycles. The number of fused-ring (bicyclic) bond motifs is 3. The Balaban J connectivity index is 1.74. The highest BCUT2D eigenvalue weighted by Gasteiger charge is 2.45. The number of nitrogens with zero attached hydrogens (tertiary/aromatic N) is 5. The summed E-state index contributed by atoms with van der Waals surface area (Å²) in [5, 5.41) is 0. The van der Waals surface area contributed by atoms with Gasteiger partial charge < -0.3 is 9.30 Å². The van der Waals surface area contributed by atoms with Crippen LogP contribution in [0.3, 0.4) is 0 Å². The first-order chi connectivity index (χ1) is 17.9. The van der Waals surface area contributed by atoms with Crippen molar-refractivity contribution in [1.29, 1.82) is 0 Å². The van der Waals surface area contributed by atoms with Crippen LogP contribution in [0.4, 0.5) is 27.8 Å². The highest BCUT2D eigenvalue weighted by Crippen LogP contribution is 2.39. The molecule has 38 heavy (non-hydrogen) atoms. The zero-order valence-electron chi connectivity index (χ0n) is 21.0. The van der Waals surface area contributed by atoms with Gasteiger partial charge in [-0.1, -0.05) is 12.1 Å². The molecular weight excluding hydrogens is 509 g/mol. The summed E-state index contributed by atoms with van der Waals surface area (Å²) in [6, 6.07) is 6.27. The lowest BCUT2D eigenvalue weighted by Gasteiger charge is -2.34. The highest BCUT2D eigenvalue weighted by molar-refractivity contribution is 6.18. The Morgan fingerprint density at radius 1 is 1.11 bits per heavy atom. The number of imidazole rings is 1. The van der Waals surface area contributed by atoms with E-state index in [4.69, 9.17) is 4.99 Å². The Morgan fingerprint density at radius 3 is 2.42 bits per heavy atom. The Kier molecular flexibility index (Phi) is 6.15. The third-order valence-corrected chi connectivity index (χ3v) is 6.44. The summed E-state index contributed by atoms with van der Waals surface area (Å²) < 4.78 is 74.2. The standard InChI is InChI=1S/C26H24F5N5O2/c1-5-34-23(37)20-22(36-12-26(3,4)33-25(34)36)35(11-14-8-16(27)19(29)17(28)9-14)21(32-20)15-7-6-13(2)18(10-15)38-24(30)31/h6-10,24H,5,11-12H2,1-4H3. The zero-order chi connectivity index (χ0) is 27.5. The van der Waals surface area contributed by atoms with E-state index in [0.29, 0.717) is 36.0 Å². The van der Waals surface area contributed by atoms with Crippen molar-refractivity contribution in [3.05, 3.63) is 64.6 Å². The average Bonchev–Trinajstić information content (AvgIpc) is 3.36. The van der Waals surface area contributed by atoms with Crippen LogP contribution in [0, 0.1) is 24.4 Å². The van der Waals surface area contributed by atoms with Crippen molar-refractivity contribution in [2.45, 2.75) is 46.4 Å². The predicted octanol–water partition coefficient (Wildman–Crippen LogP) is 5.36. The number of alkyl halides is 2. The molecule has 2 aromatic carbocycles. The second-order valence-electron chi connectivity index (χ2n) is 9.79. The van der Waals surface area contributed by atoms with E-state index in [0.717, 1.165) is 12.1 Å². The van der Waals surface area contributed by atoms with Crippen LogP contribution in [0.2, 0.25) is 0 Å². The number of hydrogen-bond donors (Lipinski definition) is 0. The summed E-state index contributed by atoms with van der Waals surface area (Å²) in [4.78, 5) is 26.1. The molecule has 0 unspecified atom stereocenters. The number of amides is 1. The van der Waals surface area contributed by atoms with Crippen LogP contribution >= 0.6 is 0 Å². The number of aliphatic imine (C=N–C) groups is 1. The van der Waals surface area contributed by atoms with E-state index < -0.39 is 35.5 Å². The van der Waals surface area contributed by atoms with E-state index in [9.17, 15) is 26.7 Å². The van der Waals surface area contributed by atoms with Gasteiger partial charge in [-0.15, -0.1) is 0 Å². The van der Waals surface area contributed by atoms with E-state index in [1.807, 2.05) is 13.8 Å². The molecule has 0 N–H and O–H groups in total. The average molecular weight is 534 g/mol. The van der Waals surface area contributed by atoms with Gasteiger partial charge >= 0.3 is 6.61 Å². The molecule has 0 saturated heterocycles. The molecule has 0 radical (unpaired) electrons. The summed E-state index contributed by atoms with van der Waals surface area (Å²) in [5.74, 6) is -3.93. The normalized spacial score (nSPS) is 16.2. The third kappa shape index (κ3) is 4.27. The van der Waals surface area contributed by atoms with Gasteiger partial charge in [0.15, 0.2) is 23.1 Å². The first kappa shape index (κ1) is 25.7. The lowest BCUT2D eigenvalue weighted by molar-refractivity contribution is -0.0502. The van der Waals surface area contributed by atoms with Crippen LogP contribution in [0.1, 0.15) is 42.4 Å². The van der Waals surface area contributed by atoms with Crippen molar-refractivity contribution in [3.8, 4) is 17.1 Å². The van der Waals surface area contributed by atoms with Crippen LogP contribution in [-0.2, 0) is 6.54 Å². The molecule has 1 aromatic heterocycles. The molecule has 0 spiro atoms. The largest absolute Gasteiger partial charge is 0.435 e. The van der Waals surface area contributed by atoms with Crippen LogP contribution in [0.25, 0.3) is 11.4 Å². The van der Waals surface area contributed by atoms with Gasteiger partial charge in [-0.05, 0) is 57.0 Å². The van der Waals surface area contributed by atoms with Crippen LogP contribution in [0.5, 0.6) is 5.75 Å². The zero-order valence-corrected chi connectivity index (χ0v) is 21.0. The van der Waals surface area contributed by atoms with Gasteiger partial charge in [0.2, 0.25) is 5.96 Å². The fourth-order valence-corrected chi connectivity index (χ4v) is 4.78. The van der Waals surface area contributed by atoms with Crippen molar-refractivity contribution in [2.75, 3.05) is 18.0 Å². The van der Waals surface area contributed by atoms with Crippen LogP contribution in [-0.4, -0.2) is 51.6 Å². The number of carbonyl (C=O) groups is 1. The topological polar surface area (TPSA) is 63.0 Å². The van der Waals surface area contributed by atoms with Crippen molar-refractivity contribution >= 4 is 17.7 Å². The fraction of sp³-hybridized carbons (Fsp3) is 0.346. The van der Waals surface area contributed by atoms with E-state index in [2.05, 4.69) is 9.72 Å². The van der Waals surface area contributed by atoms with Gasteiger partial charge in [0.05, 0.1) is 18.6 Å². The second-order valence-corrected chi connectivity index (χ2v) is 9.79. The maximum atomic E-state index is 14.1. The SMILES string of the molecule is CCN1C(=O)c2nc(-c3ccc(C)c(OC(F)F)c3)n(Cc3cc(F)c(F)c(F)c3)c2N2CC(C)(C)N=C12. The van der Waals surface area contributed by atoms with Gasteiger partial charge in [-0.2, -0.15) is 8.78 Å². The summed E-state index contributed by atoms with van der Waals surface area (Å²) in [5.41, 5.74) is 0.357. The monoisotopic (exact) mass is 533 g/mol. The van der Waals surface area contributed by atoms with Gasteiger partial charge in [0.1, 0.15) is 17.4 Å². The summed E-state index contributed by atoms with van der Waals surface area (Å²) in [7, 11) is 0. The minimum atomic E-state index is -3.06. The van der Waals surface area contributed by atoms with Crippen molar-refractivity contribution in [2.24, 2.45) is 4.99 Å². The first-order valence-corrected chi connectivity index (χ1v) is 11.9. The molecule has 3 heterocycles. The van der Waals surface area contributed by atoms with Gasteiger partial charge in [0.25, 0.3) is 5.91 Å². The predicted molar refractivity (Wildman–Crippen MR) is 130 cm³/mol. The number of halogens is 5. The quantitative estimate of drug-likeness (QED) is 0.316. The number of carbonyl (C=O) groups excluding carboxylic acids is 1. The molecular formula is C26H24F5N5O2. The number of aryl methyl sites for hydroxylation is 1. The molecule has 0 fully saturated rings. The molecule has 0 aliphatic carbocycles. The second kappa shape index (κ2) is 9.10. The number of guanidine groups is 1. The maximum absolute atomic E-state index is 14.1. The van der Waals surface area contributed by atoms with Crippen LogP contribution < -0.4 is 9.64 Å². The molecule has 12 heteroatoms. The van der Waals surface area contributed by atoms with Crippen LogP contribution in [0.15, 0.2) is 35.3 Å². The molecule has 7 nitrogen and oxygen atoms in total. The number of anilines is 1. The lowest BCUT2D eigenvalue weighted by Crippen LogP contribution is -2.51. The minimum Gasteiger partial charge on any atom is -0.435 e. The molecule has 3 aromatic rings. The fourth-order valence-electron chi connectivity index (χ4n) is 4.78. The molecule has 5 rings (SSSR count). The Labute approximate surface area is 215 Å². The summed E-state index contributed by atoms with van der Waals surface area (Å²) in [6.07, 6.45) is 0. The summed E-state index contributed by atoms with van der Waals surface area (Å²) in [6.45, 7) is 4.63. The Morgan fingerprint density at radius 2 is 1.79 bits per heavy atom. The van der Waals surface area contributed by atoms with Gasteiger partial charge in [-0.25, -0.2) is 23.1 Å². The maximum Gasteiger partial charge on any atom is 0.387 e. The highest BCUT2D eigenvalue weighted by atomic mass is 19.3. The van der Waals surface area contributed by atoms with Gasteiger partial charge in [-0.3, -0.25) is 14.6 Å². The molecule has 0 bridgehead atoms. The van der Waals surface area contributed by atoms with E-state index in [-0.39, 0.29) is 29.4 Å². The first-order valence-electron chi connectivity index (χ1n) is 11.9. The van der Waals surface area contributed by atoms with Crippen molar-refractivity contribution in [1.82, 2.24) is 14.5 Å².